The minimum absolute atomic E-state index is 0.377. The lowest BCUT2D eigenvalue weighted by Crippen LogP contribution is -1.97. The highest BCUT2D eigenvalue weighted by atomic mass is 35.5. The third kappa shape index (κ3) is 3.57. The molecule has 2 aromatic carbocycles. The van der Waals surface area contributed by atoms with Crippen molar-refractivity contribution < 1.29 is 4.74 Å². The van der Waals surface area contributed by atoms with Crippen LogP contribution in [0.15, 0.2) is 53.6 Å². The summed E-state index contributed by atoms with van der Waals surface area (Å²) < 4.78 is 5.40. The van der Waals surface area contributed by atoms with Gasteiger partial charge in [0.25, 0.3) is 0 Å². The number of nitrogens with one attached hydrogen (secondary N) is 1. The average molecular weight is 327 g/mol. The van der Waals surface area contributed by atoms with Gasteiger partial charge < -0.3 is 4.74 Å². The SMILES string of the molecule is CCOc1ccc(C=NNc2nnc(Cl)c3ccccc23)cc1. The smallest absolute Gasteiger partial charge is 0.176 e. The summed E-state index contributed by atoms with van der Waals surface area (Å²) >= 11 is 6.05. The van der Waals surface area contributed by atoms with Crippen molar-refractivity contribution in [3.63, 3.8) is 0 Å². The van der Waals surface area contributed by atoms with Crippen LogP contribution in [0, 0.1) is 0 Å². The Balaban J connectivity index is 1.76. The summed E-state index contributed by atoms with van der Waals surface area (Å²) in [5.41, 5.74) is 3.86. The highest BCUT2D eigenvalue weighted by molar-refractivity contribution is 6.34. The van der Waals surface area contributed by atoms with Gasteiger partial charge in [-0.2, -0.15) is 5.10 Å². The molecule has 6 heteroatoms. The van der Waals surface area contributed by atoms with Gasteiger partial charge in [-0.3, -0.25) is 5.43 Å². The molecule has 0 aliphatic rings. The zero-order chi connectivity index (χ0) is 16.1. The fourth-order valence-electron chi connectivity index (χ4n) is 2.14. The molecule has 0 saturated carbocycles. The van der Waals surface area contributed by atoms with E-state index in [9.17, 15) is 0 Å². The van der Waals surface area contributed by atoms with Crippen molar-refractivity contribution in [2.45, 2.75) is 6.92 Å². The van der Waals surface area contributed by atoms with Crippen molar-refractivity contribution >= 4 is 34.4 Å². The standard InChI is InChI=1S/C17H15ClN4O/c1-2-23-13-9-7-12(8-10-13)11-19-21-17-15-6-4-3-5-14(15)16(18)20-22-17/h3-11H,2H2,1H3,(H,21,22). The van der Waals surface area contributed by atoms with Gasteiger partial charge in [0.1, 0.15) is 5.75 Å². The van der Waals surface area contributed by atoms with Crippen LogP contribution in [0.25, 0.3) is 10.8 Å². The van der Waals surface area contributed by atoms with Crippen molar-refractivity contribution in [3.8, 4) is 5.75 Å². The van der Waals surface area contributed by atoms with Gasteiger partial charge in [-0.15, -0.1) is 10.2 Å². The van der Waals surface area contributed by atoms with Crippen LogP contribution < -0.4 is 10.2 Å². The predicted octanol–water partition coefficient (Wildman–Crippen LogP) is 4.13. The molecule has 1 N–H and O–H groups in total. The molecule has 0 fully saturated rings. The second-order valence-corrected chi connectivity index (χ2v) is 5.12. The number of hydrazone groups is 1. The van der Waals surface area contributed by atoms with E-state index in [1.165, 1.54) is 0 Å². The van der Waals surface area contributed by atoms with Crippen molar-refractivity contribution in [1.29, 1.82) is 0 Å². The van der Waals surface area contributed by atoms with Gasteiger partial charge in [0, 0.05) is 10.8 Å². The molecule has 1 heterocycles. The minimum atomic E-state index is 0.377. The summed E-state index contributed by atoms with van der Waals surface area (Å²) in [6.07, 6.45) is 1.71. The van der Waals surface area contributed by atoms with Crippen LogP contribution in [0.3, 0.4) is 0 Å². The van der Waals surface area contributed by atoms with E-state index in [1.54, 1.807) is 6.21 Å². The molecule has 0 radical (unpaired) electrons. The summed E-state index contributed by atoms with van der Waals surface area (Å²) in [7, 11) is 0. The van der Waals surface area contributed by atoms with Crippen LogP contribution in [0.5, 0.6) is 5.75 Å². The average Bonchev–Trinajstić information content (AvgIpc) is 2.59. The second-order valence-electron chi connectivity index (χ2n) is 4.76. The Morgan fingerprint density at radius 3 is 2.57 bits per heavy atom. The molecule has 0 atom stereocenters. The van der Waals surface area contributed by atoms with E-state index in [4.69, 9.17) is 16.3 Å². The summed E-state index contributed by atoms with van der Waals surface area (Å²) in [6, 6.07) is 15.3. The number of anilines is 1. The van der Waals surface area contributed by atoms with E-state index in [1.807, 2.05) is 55.5 Å². The van der Waals surface area contributed by atoms with Crippen LogP contribution >= 0.6 is 11.6 Å². The second kappa shape index (κ2) is 7.07. The van der Waals surface area contributed by atoms with Crippen molar-refractivity contribution in [3.05, 3.63) is 59.2 Å². The molecule has 0 unspecified atom stereocenters. The summed E-state index contributed by atoms with van der Waals surface area (Å²) in [5.74, 6) is 1.40. The summed E-state index contributed by atoms with van der Waals surface area (Å²) in [6.45, 7) is 2.61. The fraction of sp³-hybridized carbons (Fsp3) is 0.118. The van der Waals surface area contributed by atoms with E-state index < -0.39 is 0 Å². The first-order valence-electron chi connectivity index (χ1n) is 7.21. The molecular formula is C17H15ClN4O. The Hall–Kier alpha value is -2.66. The van der Waals surface area contributed by atoms with Crippen LogP contribution in [0.2, 0.25) is 5.15 Å². The summed E-state index contributed by atoms with van der Waals surface area (Å²) in [5, 5.41) is 14.3. The summed E-state index contributed by atoms with van der Waals surface area (Å²) in [4.78, 5) is 0. The van der Waals surface area contributed by atoms with Crippen LogP contribution in [-0.2, 0) is 0 Å². The molecule has 0 aliphatic heterocycles. The van der Waals surface area contributed by atoms with Gasteiger partial charge in [0.05, 0.1) is 12.8 Å². The quantitative estimate of drug-likeness (QED) is 0.566. The Kier molecular flexibility index (Phi) is 4.68. The molecule has 0 saturated heterocycles. The number of aromatic nitrogens is 2. The third-order valence-corrected chi connectivity index (χ3v) is 3.50. The normalized spacial score (nSPS) is 11.0. The first-order valence-corrected chi connectivity index (χ1v) is 7.58. The Bertz CT molecular complexity index is 834. The van der Waals surface area contributed by atoms with Gasteiger partial charge in [-0.1, -0.05) is 35.9 Å². The predicted molar refractivity (Wildman–Crippen MR) is 93.4 cm³/mol. The zero-order valence-corrected chi connectivity index (χ0v) is 13.3. The number of hydrogen-bond acceptors (Lipinski definition) is 5. The minimum Gasteiger partial charge on any atom is -0.494 e. The van der Waals surface area contributed by atoms with Gasteiger partial charge in [0.15, 0.2) is 11.0 Å². The molecule has 5 nitrogen and oxygen atoms in total. The molecule has 3 aromatic rings. The molecule has 1 aromatic heterocycles. The van der Waals surface area contributed by atoms with Gasteiger partial charge >= 0.3 is 0 Å². The largest absolute Gasteiger partial charge is 0.494 e. The van der Waals surface area contributed by atoms with Gasteiger partial charge in [0.2, 0.25) is 0 Å². The molecular weight excluding hydrogens is 312 g/mol. The Labute approximate surface area is 139 Å². The first-order chi connectivity index (χ1) is 11.3. The number of benzene rings is 2. The molecule has 0 amide bonds. The van der Waals surface area contributed by atoms with Crippen LogP contribution in [-0.4, -0.2) is 23.0 Å². The molecule has 3 rings (SSSR count). The van der Waals surface area contributed by atoms with Gasteiger partial charge in [-0.05, 0) is 36.8 Å². The lowest BCUT2D eigenvalue weighted by molar-refractivity contribution is 0.340. The number of fused-ring (bicyclic) bond motifs is 1. The lowest BCUT2D eigenvalue weighted by atomic mass is 10.2. The Morgan fingerprint density at radius 2 is 1.83 bits per heavy atom. The maximum absolute atomic E-state index is 6.05. The van der Waals surface area contributed by atoms with E-state index in [2.05, 4.69) is 20.7 Å². The van der Waals surface area contributed by atoms with Crippen LogP contribution in [0.4, 0.5) is 5.82 Å². The topological polar surface area (TPSA) is 59.4 Å². The number of ether oxygens (including phenoxy) is 1. The molecule has 0 aliphatic carbocycles. The van der Waals surface area contributed by atoms with E-state index in [0.29, 0.717) is 17.6 Å². The van der Waals surface area contributed by atoms with Crippen molar-refractivity contribution in [2.24, 2.45) is 5.10 Å². The highest BCUT2D eigenvalue weighted by Gasteiger charge is 2.05. The maximum Gasteiger partial charge on any atom is 0.176 e. The van der Waals surface area contributed by atoms with E-state index in [0.717, 1.165) is 22.1 Å². The monoisotopic (exact) mass is 326 g/mol. The Morgan fingerprint density at radius 1 is 1.09 bits per heavy atom. The fourth-order valence-corrected chi connectivity index (χ4v) is 2.34. The van der Waals surface area contributed by atoms with Crippen LogP contribution in [0.1, 0.15) is 12.5 Å². The number of halogens is 1. The maximum atomic E-state index is 6.05. The number of rotatable bonds is 5. The van der Waals surface area contributed by atoms with E-state index in [-0.39, 0.29) is 0 Å². The third-order valence-electron chi connectivity index (χ3n) is 3.22. The van der Waals surface area contributed by atoms with E-state index >= 15 is 0 Å². The molecule has 0 bridgehead atoms. The zero-order valence-electron chi connectivity index (χ0n) is 12.5. The molecule has 116 valence electrons. The number of hydrogen-bond donors (Lipinski definition) is 1. The first kappa shape index (κ1) is 15.2. The molecule has 23 heavy (non-hydrogen) atoms. The number of nitrogens with zero attached hydrogens (tertiary/aromatic N) is 3. The molecule has 0 spiro atoms. The van der Waals surface area contributed by atoms with Crippen molar-refractivity contribution in [1.82, 2.24) is 10.2 Å². The van der Waals surface area contributed by atoms with Crippen molar-refractivity contribution in [2.75, 3.05) is 12.0 Å². The highest BCUT2D eigenvalue weighted by Crippen LogP contribution is 2.25. The lowest BCUT2D eigenvalue weighted by Gasteiger charge is -2.05. The van der Waals surface area contributed by atoms with Gasteiger partial charge in [-0.25, -0.2) is 0 Å².